The second-order valence-corrected chi connectivity index (χ2v) is 15.3. The van der Waals surface area contributed by atoms with E-state index in [2.05, 4.69) is 22.5 Å². The molecule has 12 nitrogen and oxygen atoms in total. The molecule has 0 bridgehead atoms. The minimum atomic E-state index is -1.28. The lowest BCUT2D eigenvalue weighted by Crippen LogP contribution is -2.60. The maximum absolute atomic E-state index is 14.1. The van der Waals surface area contributed by atoms with Crippen LogP contribution in [0.4, 0.5) is 4.79 Å². The molecule has 48 heavy (non-hydrogen) atoms. The highest BCUT2D eigenvalue weighted by Crippen LogP contribution is 2.65. The Morgan fingerprint density at radius 1 is 0.979 bits per heavy atom. The monoisotopic (exact) mass is 666 g/mol. The van der Waals surface area contributed by atoms with Gasteiger partial charge in [0.15, 0.2) is 0 Å². The number of carbonyl (C=O) groups excluding carboxylic acids is 7. The fourth-order valence-electron chi connectivity index (χ4n) is 6.25. The number of rotatable bonds is 14. The van der Waals surface area contributed by atoms with Gasteiger partial charge in [-0.3, -0.25) is 28.8 Å². The first-order valence-electron chi connectivity index (χ1n) is 16.3. The topological polar surface area (TPSA) is 168 Å². The third kappa shape index (κ3) is 9.38. The van der Waals surface area contributed by atoms with E-state index in [4.69, 9.17) is 4.74 Å². The molecular weight excluding hydrogens is 616 g/mol. The van der Waals surface area contributed by atoms with Gasteiger partial charge >= 0.3 is 6.09 Å². The van der Waals surface area contributed by atoms with E-state index in [1.165, 1.54) is 11.0 Å². The van der Waals surface area contributed by atoms with Gasteiger partial charge in [0.2, 0.25) is 29.2 Å². The number of amides is 4. The van der Waals surface area contributed by atoms with Crippen LogP contribution in [0, 0.1) is 22.7 Å². The number of hydrogen-bond donors (Lipinski definition) is 3. The molecule has 3 rings (SSSR count). The SMILES string of the molecule is C=CCCC(NC(=O)C1C2C(CN1C(=O)[C@@H](NC(=O)OC(C)(C)C)C(C)(C)C)C2(C)C)C(=O)C(=O)NCC(=O)C(=O)Cc1ccccc1. The van der Waals surface area contributed by atoms with Gasteiger partial charge < -0.3 is 25.6 Å². The molecule has 5 atom stereocenters. The van der Waals surface area contributed by atoms with Gasteiger partial charge in [-0.2, -0.15) is 0 Å². The molecule has 0 spiro atoms. The van der Waals surface area contributed by atoms with Gasteiger partial charge in [0.05, 0.1) is 12.6 Å². The Labute approximate surface area is 282 Å². The normalized spacial score (nSPS) is 20.8. The summed E-state index contributed by atoms with van der Waals surface area (Å²) in [6.07, 6.45) is 0.973. The van der Waals surface area contributed by atoms with E-state index in [1.54, 1.807) is 71.9 Å². The van der Waals surface area contributed by atoms with Crippen molar-refractivity contribution >= 4 is 41.2 Å². The number of nitrogens with zero attached hydrogens (tertiary/aromatic N) is 1. The van der Waals surface area contributed by atoms with E-state index in [0.717, 1.165) is 0 Å². The highest BCUT2D eigenvalue weighted by atomic mass is 16.6. The smallest absolute Gasteiger partial charge is 0.408 e. The highest BCUT2D eigenvalue weighted by Gasteiger charge is 2.70. The zero-order valence-corrected chi connectivity index (χ0v) is 29.3. The molecule has 2 fully saturated rings. The Balaban J connectivity index is 1.74. The van der Waals surface area contributed by atoms with Crippen molar-refractivity contribution in [2.45, 2.75) is 98.4 Å². The van der Waals surface area contributed by atoms with Gasteiger partial charge in [0.25, 0.3) is 5.91 Å². The summed E-state index contributed by atoms with van der Waals surface area (Å²) in [5.74, 6) is -4.93. The zero-order chi connectivity index (χ0) is 36.2. The number of alkyl carbamates (subject to hydrolysis) is 1. The number of carbonyl (C=O) groups is 7. The predicted molar refractivity (Wildman–Crippen MR) is 178 cm³/mol. The number of benzene rings is 1. The van der Waals surface area contributed by atoms with Crippen molar-refractivity contribution in [3.63, 3.8) is 0 Å². The van der Waals surface area contributed by atoms with Crippen LogP contribution in [0.15, 0.2) is 43.0 Å². The summed E-state index contributed by atoms with van der Waals surface area (Å²) < 4.78 is 5.40. The summed E-state index contributed by atoms with van der Waals surface area (Å²) in [7, 11) is 0. The average Bonchev–Trinajstić information content (AvgIpc) is 3.30. The number of ether oxygens (including phenoxy) is 1. The molecule has 4 unspecified atom stereocenters. The van der Waals surface area contributed by atoms with Crippen LogP contribution >= 0.6 is 0 Å². The first-order chi connectivity index (χ1) is 22.2. The van der Waals surface area contributed by atoms with Crippen LogP contribution in [0.1, 0.15) is 73.8 Å². The van der Waals surface area contributed by atoms with Crippen molar-refractivity contribution in [3.05, 3.63) is 48.6 Å². The number of likely N-dealkylation sites (tertiary alicyclic amines) is 1. The summed E-state index contributed by atoms with van der Waals surface area (Å²) in [5.41, 5.74) is -1.14. The van der Waals surface area contributed by atoms with E-state index < -0.39 is 76.9 Å². The number of ketones is 3. The molecule has 0 aromatic heterocycles. The molecule has 1 aliphatic carbocycles. The Kier molecular flexibility index (Phi) is 11.8. The Morgan fingerprint density at radius 3 is 2.17 bits per heavy atom. The van der Waals surface area contributed by atoms with Crippen molar-refractivity contribution in [2.24, 2.45) is 22.7 Å². The van der Waals surface area contributed by atoms with E-state index in [-0.39, 0.29) is 43.1 Å². The number of piperidine rings is 1. The molecular formula is C36H50N4O8. The largest absolute Gasteiger partial charge is 0.444 e. The Bertz CT molecular complexity index is 1440. The molecule has 1 saturated carbocycles. The van der Waals surface area contributed by atoms with Gasteiger partial charge in [-0.25, -0.2) is 4.79 Å². The average molecular weight is 667 g/mol. The number of allylic oxidation sites excluding steroid dienone is 1. The summed E-state index contributed by atoms with van der Waals surface area (Å²) in [6, 6.07) is 5.40. The first-order valence-corrected chi connectivity index (χ1v) is 16.3. The second-order valence-electron chi connectivity index (χ2n) is 15.3. The standard InChI is InChI=1S/C36H50N4O8/c1-10-11-17-23(28(43)31(45)37-19-25(42)24(41)18-21-15-13-12-14-16-21)38-30(44)27-26-22(36(26,8)9)20-40(27)32(46)29(34(2,3)4)39-33(47)48-35(5,6)7/h10,12-16,22-23,26-27,29H,1,11,17-20H2,2-9H3,(H,37,45)(H,38,44)(H,39,47)/t22?,23?,26?,27?,29-/m1/s1. The van der Waals surface area contributed by atoms with Crippen LogP contribution in [0.3, 0.4) is 0 Å². The molecule has 2 aliphatic rings. The molecule has 1 aromatic rings. The second kappa shape index (κ2) is 14.8. The van der Waals surface area contributed by atoms with Crippen molar-refractivity contribution in [2.75, 3.05) is 13.1 Å². The highest BCUT2D eigenvalue weighted by molar-refractivity contribution is 6.41. The lowest BCUT2D eigenvalue weighted by molar-refractivity contribution is -0.145. The molecule has 1 aromatic carbocycles. The van der Waals surface area contributed by atoms with Crippen LogP contribution < -0.4 is 16.0 Å². The van der Waals surface area contributed by atoms with Crippen LogP contribution in [-0.2, 0) is 39.9 Å². The van der Waals surface area contributed by atoms with Gasteiger partial charge in [-0.15, -0.1) is 6.58 Å². The van der Waals surface area contributed by atoms with E-state index in [1.807, 2.05) is 13.8 Å². The molecule has 1 aliphatic heterocycles. The maximum Gasteiger partial charge on any atom is 0.408 e. The van der Waals surface area contributed by atoms with Gasteiger partial charge in [-0.1, -0.05) is 71.0 Å². The molecule has 0 radical (unpaired) electrons. The quantitative estimate of drug-likeness (QED) is 0.201. The zero-order valence-electron chi connectivity index (χ0n) is 29.3. The fraction of sp³-hybridized carbons (Fsp3) is 0.583. The van der Waals surface area contributed by atoms with Crippen LogP contribution in [0.5, 0.6) is 0 Å². The van der Waals surface area contributed by atoms with E-state index in [9.17, 15) is 33.6 Å². The third-order valence-corrected chi connectivity index (χ3v) is 8.98. The van der Waals surface area contributed by atoms with E-state index in [0.29, 0.717) is 5.56 Å². The van der Waals surface area contributed by atoms with Crippen LogP contribution in [-0.4, -0.2) is 82.9 Å². The van der Waals surface area contributed by atoms with Gasteiger partial charge in [0, 0.05) is 13.0 Å². The molecule has 4 amide bonds. The molecule has 1 heterocycles. The summed E-state index contributed by atoms with van der Waals surface area (Å²) in [6.45, 7) is 17.8. The van der Waals surface area contributed by atoms with Crippen molar-refractivity contribution in [3.8, 4) is 0 Å². The molecule has 262 valence electrons. The lowest BCUT2D eigenvalue weighted by Gasteiger charge is -2.38. The Morgan fingerprint density at radius 2 is 1.60 bits per heavy atom. The van der Waals surface area contributed by atoms with E-state index >= 15 is 0 Å². The summed E-state index contributed by atoms with van der Waals surface area (Å²) in [4.78, 5) is 93.1. The van der Waals surface area contributed by atoms with Gasteiger partial charge in [0.1, 0.15) is 17.7 Å². The minimum absolute atomic E-state index is 0.0180. The van der Waals surface area contributed by atoms with Crippen LogP contribution in [0.2, 0.25) is 0 Å². The van der Waals surface area contributed by atoms with Crippen LogP contribution in [0.25, 0.3) is 0 Å². The molecule has 3 N–H and O–H groups in total. The van der Waals surface area contributed by atoms with Crippen molar-refractivity contribution in [1.82, 2.24) is 20.9 Å². The summed E-state index contributed by atoms with van der Waals surface area (Å²) >= 11 is 0. The number of fused-ring (bicyclic) bond motifs is 1. The molecule has 1 saturated heterocycles. The fourth-order valence-corrected chi connectivity index (χ4v) is 6.25. The first kappa shape index (κ1) is 38.1. The Hall–Kier alpha value is -4.35. The minimum Gasteiger partial charge on any atom is -0.444 e. The van der Waals surface area contributed by atoms with Crippen molar-refractivity contribution < 1.29 is 38.3 Å². The van der Waals surface area contributed by atoms with Gasteiger partial charge in [-0.05, 0) is 61.8 Å². The third-order valence-electron chi connectivity index (χ3n) is 8.98. The van der Waals surface area contributed by atoms with Crippen molar-refractivity contribution in [1.29, 1.82) is 0 Å². The number of Topliss-reactive ketones (excluding diaryl/α,β-unsaturated/α-hetero) is 3. The maximum atomic E-state index is 14.1. The number of nitrogens with one attached hydrogen (secondary N) is 3. The lowest BCUT2D eigenvalue weighted by atomic mass is 9.85. The summed E-state index contributed by atoms with van der Waals surface area (Å²) in [5, 5.41) is 7.60. The molecule has 12 heteroatoms. The number of hydrogen-bond acceptors (Lipinski definition) is 8. The predicted octanol–water partition coefficient (Wildman–Crippen LogP) is 2.93.